The summed E-state index contributed by atoms with van der Waals surface area (Å²) in [5.41, 5.74) is 3.22. The van der Waals surface area contributed by atoms with Crippen LogP contribution in [0.5, 0.6) is 0 Å². The summed E-state index contributed by atoms with van der Waals surface area (Å²) < 4.78 is 0. The first-order valence-corrected chi connectivity index (χ1v) is 5.80. The van der Waals surface area contributed by atoms with Crippen molar-refractivity contribution in [1.29, 1.82) is 0 Å². The van der Waals surface area contributed by atoms with Gasteiger partial charge in [0.15, 0.2) is 0 Å². The van der Waals surface area contributed by atoms with Crippen molar-refractivity contribution < 1.29 is 0 Å². The molecule has 0 fully saturated rings. The summed E-state index contributed by atoms with van der Waals surface area (Å²) in [5, 5.41) is 7.01. The van der Waals surface area contributed by atoms with Crippen molar-refractivity contribution in [3.05, 3.63) is 71.8 Å². The van der Waals surface area contributed by atoms with Crippen LogP contribution >= 0.6 is 0 Å². The van der Waals surface area contributed by atoms with Gasteiger partial charge in [-0.25, -0.2) is 0 Å². The lowest BCUT2D eigenvalue weighted by atomic mass is 10.1. The molecule has 0 aliphatic heterocycles. The fourth-order valence-electron chi connectivity index (χ4n) is 1.66. The van der Waals surface area contributed by atoms with Crippen LogP contribution in [0.4, 0.5) is 5.69 Å². The maximum absolute atomic E-state index is 4.99. The van der Waals surface area contributed by atoms with Gasteiger partial charge in [0.1, 0.15) is 0 Å². The molecule has 0 atom stereocenters. The van der Waals surface area contributed by atoms with Gasteiger partial charge in [-0.1, -0.05) is 59.8 Å². The van der Waals surface area contributed by atoms with Gasteiger partial charge in [-0.05, 0) is 29.7 Å². The van der Waals surface area contributed by atoms with Crippen molar-refractivity contribution in [3.8, 4) is 0 Å². The van der Waals surface area contributed by atoms with Crippen LogP contribution in [0.2, 0.25) is 0 Å². The zero-order valence-corrected chi connectivity index (χ0v) is 10.0. The fourth-order valence-corrected chi connectivity index (χ4v) is 1.66. The average molecular weight is 237 g/mol. The summed E-state index contributed by atoms with van der Waals surface area (Å²) >= 11 is 0. The first kappa shape index (κ1) is 12.0. The Labute approximate surface area is 107 Å². The maximum Gasteiger partial charge on any atom is 0.0874 e. The Balaban J connectivity index is 1.96. The Morgan fingerprint density at radius 3 is 2.33 bits per heavy atom. The van der Waals surface area contributed by atoms with E-state index in [0.717, 1.165) is 12.1 Å². The van der Waals surface area contributed by atoms with Crippen molar-refractivity contribution in [1.82, 2.24) is 0 Å². The smallest absolute Gasteiger partial charge is 0.0874 e. The van der Waals surface area contributed by atoms with Gasteiger partial charge in [0.05, 0.1) is 5.69 Å². The largest absolute Gasteiger partial charge is 0.305 e. The van der Waals surface area contributed by atoms with Gasteiger partial charge < -0.3 is 5.84 Å². The second kappa shape index (κ2) is 6.35. The third kappa shape index (κ3) is 3.56. The Hall–Kier alpha value is -2.42. The quantitative estimate of drug-likeness (QED) is 0.489. The molecule has 0 aliphatic rings. The van der Waals surface area contributed by atoms with E-state index in [4.69, 9.17) is 5.84 Å². The minimum atomic E-state index is 0.772. The summed E-state index contributed by atoms with van der Waals surface area (Å²) in [5.74, 6) is 4.99. The number of nitrogens with two attached hydrogens (primary N) is 1. The molecule has 3 heteroatoms. The molecular formula is C15H15N3. The fraction of sp³-hybridized carbons (Fsp3) is 0.0667. The maximum atomic E-state index is 4.99. The zero-order chi connectivity index (χ0) is 12.6. The van der Waals surface area contributed by atoms with Crippen molar-refractivity contribution >= 4 is 11.8 Å². The Bertz CT molecular complexity index is 527. The van der Waals surface area contributed by atoms with Crippen LogP contribution < -0.4 is 5.84 Å². The predicted molar refractivity (Wildman–Crippen MR) is 74.3 cm³/mol. The zero-order valence-electron chi connectivity index (χ0n) is 10.0. The second-order valence-corrected chi connectivity index (χ2v) is 3.90. The third-order valence-electron chi connectivity index (χ3n) is 2.57. The van der Waals surface area contributed by atoms with Crippen LogP contribution in [0, 0.1) is 0 Å². The van der Waals surface area contributed by atoms with Crippen LogP contribution in [0.25, 0.3) is 6.08 Å². The minimum Gasteiger partial charge on any atom is -0.305 e. The van der Waals surface area contributed by atoms with E-state index in [2.05, 4.69) is 34.6 Å². The van der Waals surface area contributed by atoms with Crippen LogP contribution in [0.3, 0.4) is 0 Å². The van der Waals surface area contributed by atoms with Crippen LogP contribution in [0.1, 0.15) is 11.1 Å². The van der Waals surface area contributed by atoms with Gasteiger partial charge in [0, 0.05) is 0 Å². The topological polar surface area (TPSA) is 50.7 Å². The molecular weight excluding hydrogens is 222 g/mol. The number of benzene rings is 2. The normalized spacial score (nSPS) is 11.3. The molecule has 2 N–H and O–H groups in total. The summed E-state index contributed by atoms with van der Waals surface area (Å²) in [7, 11) is 0. The summed E-state index contributed by atoms with van der Waals surface area (Å²) in [6.07, 6.45) is 5.16. The molecule has 2 aromatic rings. The lowest BCUT2D eigenvalue weighted by Crippen LogP contribution is -1.80. The lowest BCUT2D eigenvalue weighted by Gasteiger charge is -1.97. The van der Waals surface area contributed by atoms with Crippen LogP contribution in [0.15, 0.2) is 71.0 Å². The van der Waals surface area contributed by atoms with E-state index < -0.39 is 0 Å². The number of hydrogen-bond acceptors (Lipinski definition) is 2. The summed E-state index contributed by atoms with van der Waals surface area (Å²) in [6.45, 7) is 0. The van der Waals surface area contributed by atoms with Crippen molar-refractivity contribution in [2.45, 2.75) is 6.42 Å². The lowest BCUT2D eigenvalue weighted by molar-refractivity contribution is 1.06. The van der Waals surface area contributed by atoms with Gasteiger partial charge in [0.2, 0.25) is 0 Å². The molecule has 0 unspecified atom stereocenters. The molecule has 0 radical (unpaired) electrons. The van der Waals surface area contributed by atoms with E-state index in [1.165, 1.54) is 11.1 Å². The number of rotatable bonds is 4. The van der Waals surface area contributed by atoms with Gasteiger partial charge in [-0.2, -0.15) is 0 Å². The molecule has 0 aliphatic carbocycles. The standard InChI is InChI=1S/C15H15N3/c16-18-17-15-11-9-14(10-12-15)8-4-7-13-5-2-1-3-6-13/h1-7,9-12H,8H2,(H2,16,17)/b7-4+. The number of allylic oxidation sites excluding steroid dienone is 1. The third-order valence-corrected chi connectivity index (χ3v) is 2.57. The highest BCUT2D eigenvalue weighted by atomic mass is 15.3. The molecule has 0 aromatic heterocycles. The average Bonchev–Trinajstić information content (AvgIpc) is 2.42. The van der Waals surface area contributed by atoms with E-state index in [1.807, 2.05) is 42.5 Å². The van der Waals surface area contributed by atoms with Gasteiger partial charge in [-0.15, -0.1) is 5.11 Å². The van der Waals surface area contributed by atoms with E-state index >= 15 is 0 Å². The Kier molecular flexibility index (Phi) is 4.25. The van der Waals surface area contributed by atoms with Gasteiger partial charge in [0.25, 0.3) is 0 Å². The van der Waals surface area contributed by atoms with E-state index in [0.29, 0.717) is 0 Å². The molecule has 0 spiro atoms. The molecule has 2 rings (SSSR count). The van der Waals surface area contributed by atoms with Gasteiger partial charge in [-0.3, -0.25) is 0 Å². The molecule has 90 valence electrons. The molecule has 0 heterocycles. The minimum absolute atomic E-state index is 0.772. The van der Waals surface area contributed by atoms with E-state index in [9.17, 15) is 0 Å². The second-order valence-electron chi connectivity index (χ2n) is 3.90. The van der Waals surface area contributed by atoms with Crippen LogP contribution in [-0.2, 0) is 6.42 Å². The molecule has 0 saturated heterocycles. The van der Waals surface area contributed by atoms with Gasteiger partial charge >= 0.3 is 0 Å². The highest BCUT2D eigenvalue weighted by Gasteiger charge is 1.91. The number of nitrogens with zero attached hydrogens (tertiary/aromatic N) is 2. The highest BCUT2D eigenvalue weighted by Crippen LogP contribution is 2.13. The summed E-state index contributed by atoms with van der Waals surface area (Å²) in [6, 6.07) is 18.1. The molecule has 2 aromatic carbocycles. The molecule has 3 nitrogen and oxygen atoms in total. The first-order chi connectivity index (χ1) is 8.88. The SMILES string of the molecule is NN=Nc1ccc(C/C=C/c2ccccc2)cc1. The van der Waals surface area contributed by atoms with E-state index in [-0.39, 0.29) is 0 Å². The van der Waals surface area contributed by atoms with E-state index in [1.54, 1.807) is 0 Å². The predicted octanol–water partition coefficient (Wildman–Crippen LogP) is 3.90. The van der Waals surface area contributed by atoms with Crippen molar-refractivity contribution in [3.63, 3.8) is 0 Å². The molecule has 0 amide bonds. The molecule has 18 heavy (non-hydrogen) atoms. The monoisotopic (exact) mass is 237 g/mol. The highest BCUT2D eigenvalue weighted by molar-refractivity contribution is 5.49. The Morgan fingerprint density at radius 2 is 1.67 bits per heavy atom. The van der Waals surface area contributed by atoms with Crippen LogP contribution in [-0.4, -0.2) is 0 Å². The molecule has 0 bridgehead atoms. The summed E-state index contributed by atoms with van der Waals surface area (Å²) in [4.78, 5) is 0. The first-order valence-electron chi connectivity index (χ1n) is 5.80. The van der Waals surface area contributed by atoms with Crippen molar-refractivity contribution in [2.24, 2.45) is 16.2 Å². The number of hydrogen-bond donors (Lipinski definition) is 1. The Morgan fingerprint density at radius 1 is 0.944 bits per heavy atom. The van der Waals surface area contributed by atoms with Crippen molar-refractivity contribution in [2.75, 3.05) is 0 Å². The molecule has 0 saturated carbocycles.